The van der Waals surface area contributed by atoms with Crippen LogP contribution in [0.1, 0.15) is 43.0 Å². The lowest BCUT2D eigenvalue weighted by atomic mass is 9.86. The molecule has 0 unspecified atom stereocenters. The van der Waals surface area contributed by atoms with Crippen LogP contribution >= 0.6 is 0 Å². The van der Waals surface area contributed by atoms with Gasteiger partial charge in [-0.2, -0.15) is 0 Å². The lowest BCUT2D eigenvalue weighted by molar-refractivity contribution is -0.123. The molecule has 0 spiro atoms. The zero-order chi connectivity index (χ0) is 19.8. The number of methoxy groups -OCH3 is 2. The molecule has 3 amide bonds. The van der Waals surface area contributed by atoms with Gasteiger partial charge in [-0.25, -0.2) is 9.59 Å². The highest BCUT2D eigenvalue weighted by atomic mass is 16.5. The maximum Gasteiger partial charge on any atom is 0.346 e. The molecule has 1 aromatic rings. The third-order valence-corrected chi connectivity index (χ3v) is 4.65. The summed E-state index contributed by atoms with van der Waals surface area (Å²) in [5.41, 5.74) is 0.0794. The molecule has 0 aromatic heterocycles. The number of nitrogens with one attached hydrogen (secondary N) is 2. The second-order valence-corrected chi connectivity index (χ2v) is 6.50. The molecule has 27 heavy (non-hydrogen) atoms. The minimum Gasteiger partial charge on any atom is -0.496 e. The van der Waals surface area contributed by atoms with Crippen LogP contribution in [0.15, 0.2) is 18.2 Å². The first-order chi connectivity index (χ1) is 13.0. The normalized spacial score (nSPS) is 18.9. The van der Waals surface area contributed by atoms with E-state index in [1.807, 2.05) is 0 Å². The Morgan fingerprint density at radius 2 is 1.70 bits per heavy atom. The predicted octanol–water partition coefficient (Wildman–Crippen LogP) is 2.27. The van der Waals surface area contributed by atoms with Crippen molar-refractivity contribution in [2.24, 2.45) is 5.92 Å². The van der Waals surface area contributed by atoms with Crippen LogP contribution in [0.3, 0.4) is 0 Å². The van der Waals surface area contributed by atoms with Gasteiger partial charge in [0, 0.05) is 6.04 Å². The summed E-state index contributed by atoms with van der Waals surface area (Å²) in [5.74, 6) is -0.582. The Balaban J connectivity index is 1.86. The number of carbonyl (C=O) groups is 3. The molecule has 0 saturated heterocycles. The first kappa shape index (κ1) is 20.5. The fraction of sp³-hybridized carbons (Fsp3) is 0.526. The van der Waals surface area contributed by atoms with Gasteiger partial charge in [-0.05, 0) is 30.9 Å². The Morgan fingerprint density at radius 3 is 2.30 bits per heavy atom. The zero-order valence-electron chi connectivity index (χ0n) is 15.9. The number of imide groups is 1. The highest BCUT2D eigenvalue weighted by Crippen LogP contribution is 2.28. The van der Waals surface area contributed by atoms with Crippen LogP contribution < -0.4 is 20.1 Å². The monoisotopic (exact) mass is 378 g/mol. The van der Waals surface area contributed by atoms with Crippen molar-refractivity contribution in [1.82, 2.24) is 10.6 Å². The molecule has 148 valence electrons. The number of benzene rings is 1. The van der Waals surface area contributed by atoms with Crippen molar-refractivity contribution in [1.29, 1.82) is 0 Å². The van der Waals surface area contributed by atoms with Gasteiger partial charge in [0.05, 0.1) is 14.2 Å². The summed E-state index contributed by atoms with van der Waals surface area (Å²) < 4.78 is 15.3. The topological polar surface area (TPSA) is 103 Å². The van der Waals surface area contributed by atoms with Crippen LogP contribution in [0.4, 0.5) is 4.79 Å². The third kappa shape index (κ3) is 5.60. The molecule has 1 aliphatic carbocycles. The Labute approximate surface area is 158 Å². The molecule has 1 aliphatic rings. The Kier molecular flexibility index (Phi) is 7.45. The van der Waals surface area contributed by atoms with Gasteiger partial charge in [-0.3, -0.25) is 10.1 Å². The van der Waals surface area contributed by atoms with Crippen LogP contribution in [-0.4, -0.2) is 44.8 Å². The summed E-state index contributed by atoms with van der Waals surface area (Å²) >= 11 is 0. The molecular weight excluding hydrogens is 352 g/mol. The van der Waals surface area contributed by atoms with Gasteiger partial charge in [-0.1, -0.05) is 25.8 Å². The van der Waals surface area contributed by atoms with E-state index in [4.69, 9.17) is 14.2 Å². The third-order valence-electron chi connectivity index (χ3n) is 4.65. The number of hydrogen-bond acceptors (Lipinski definition) is 6. The fourth-order valence-corrected chi connectivity index (χ4v) is 3.15. The number of ether oxygens (including phenoxy) is 3. The van der Waals surface area contributed by atoms with Gasteiger partial charge < -0.3 is 19.5 Å². The summed E-state index contributed by atoms with van der Waals surface area (Å²) in [6, 6.07) is 4.30. The fourth-order valence-electron chi connectivity index (χ4n) is 3.15. The van der Waals surface area contributed by atoms with E-state index in [1.54, 1.807) is 18.2 Å². The van der Waals surface area contributed by atoms with Crippen LogP contribution in [0.25, 0.3) is 0 Å². The molecule has 1 fully saturated rings. The van der Waals surface area contributed by atoms with Crippen molar-refractivity contribution < 1.29 is 28.6 Å². The lowest BCUT2D eigenvalue weighted by Gasteiger charge is -2.29. The summed E-state index contributed by atoms with van der Waals surface area (Å²) in [6.07, 6.45) is 4.16. The second-order valence-electron chi connectivity index (χ2n) is 6.50. The van der Waals surface area contributed by atoms with Crippen LogP contribution in [0.5, 0.6) is 11.5 Å². The number of amides is 3. The molecule has 0 heterocycles. The first-order valence-corrected chi connectivity index (χ1v) is 8.94. The zero-order valence-corrected chi connectivity index (χ0v) is 15.9. The van der Waals surface area contributed by atoms with Crippen molar-refractivity contribution in [3.05, 3.63) is 23.8 Å². The minimum absolute atomic E-state index is 0.0481. The van der Waals surface area contributed by atoms with Crippen molar-refractivity contribution >= 4 is 17.9 Å². The molecule has 0 aliphatic heterocycles. The summed E-state index contributed by atoms with van der Waals surface area (Å²) in [5, 5.41) is 4.99. The molecule has 0 bridgehead atoms. The van der Waals surface area contributed by atoms with Gasteiger partial charge in [0.25, 0.3) is 5.91 Å². The number of urea groups is 1. The van der Waals surface area contributed by atoms with Gasteiger partial charge in [0.15, 0.2) is 6.61 Å². The quantitative estimate of drug-likeness (QED) is 0.736. The van der Waals surface area contributed by atoms with E-state index >= 15 is 0 Å². The highest BCUT2D eigenvalue weighted by Gasteiger charge is 2.24. The van der Waals surface area contributed by atoms with Crippen LogP contribution in [0, 0.1) is 5.92 Å². The molecule has 2 N–H and O–H groups in total. The molecule has 8 nitrogen and oxygen atoms in total. The first-order valence-electron chi connectivity index (χ1n) is 8.94. The van der Waals surface area contributed by atoms with Crippen molar-refractivity contribution in [3.8, 4) is 11.5 Å². The summed E-state index contributed by atoms with van der Waals surface area (Å²) in [6.45, 7) is 1.49. The standard InChI is InChI=1S/C19H26N2O6/c1-12-7-4-5-8-13(12)20-19(24)21-16(22)11-27-18(23)17-14(25-2)9-6-10-15(17)26-3/h6,9-10,12-13H,4-5,7-8,11H2,1-3H3,(H2,20,21,22,24)/t12-,13+/m0/s1. The average molecular weight is 378 g/mol. The number of carbonyl (C=O) groups excluding carboxylic acids is 3. The minimum atomic E-state index is -0.777. The maximum atomic E-state index is 12.3. The number of rotatable bonds is 6. The van der Waals surface area contributed by atoms with Gasteiger partial charge in [0.2, 0.25) is 0 Å². The molecule has 8 heteroatoms. The SMILES string of the molecule is COc1cccc(OC)c1C(=O)OCC(=O)NC(=O)N[C@@H]1CCCC[C@@H]1C. The molecule has 2 rings (SSSR count). The van der Waals surface area contributed by atoms with Crippen molar-refractivity contribution in [3.63, 3.8) is 0 Å². The molecule has 0 radical (unpaired) electrons. The van der Waals surface area contributed by atoms with E-state index in [0.29, 0.717) is 5.92 Å². The van der Waals surface area contributed by atoms with Gasteiger partial charge in [-0.15, -0.1) is 0 Å². The Hall–Kier alpha value is -2.77. The summed E-state index contributed by atoms with van der Waals surface area (Å²) in [4.78, 5) is 36.2. The van der Waals surface area contributed by atoms with E-state index in [-0.39, 0.29) is 23.1 Å². The number of hydrogen-bond donors (Lipinski definition) is 2. The summed E-state index contributed by atoms with van der Waals surface area (Å²) in [7, 11) is 2.82. The average Bonchev–Trinajstić information content (AvgIpc) is 2.67. The number of esters is 1. The Bertz CT molecular complexity index is 669. The van der Waals surface area contributed by atoms with Gasteiger partial charge >= 0.3 is 12.0 Å². The Morgan fingerprint density at radius 1 is 1.07 bits per heavy atom. The molecular formula is C19H26N2O6. The van der Waals surface area contributed by atoms with Crippen molar-refractivity contribution in [2.75, 3.05) is 20.8 Å². The molecule has 2 atom stereocenters. The smallest absolute Gasteiger partial charge is 0.346 e. The van der Waals surface area contributed by atoms with E-state index in [9.17, 15) is 14.4 Å². The van der Waals surface area contributed by atoms with E-state index in [2.05, 4.69) is 17.6 Å². The van der Waals surface area contributed by atoms with E-state index in [0.717, 1.165) is 25.7 Å². The maximum absolute atomic E-state index is 12.3. The second kappa shape index (κ2) is 9.80. The molecule has 1 aromatic carbocycles. The largest absolute Gasteiger partial charge is 0.496 e. The van der Waals surface area contributed by atoms with Gasteiger partial charge in [0.1, 0.15) is 17.1 Å². The van der Waals surface area contributed by atoms with E-state index < -0.39 is 24.5 Å². The predicted molar refractivity (Wildman–Crippen MR) is 97.9 cm³/mol. The van der Waals surface area contributed by atoms with Crippen molar-refractivity contribution in [2.45, 2.75) is 38.6 Å². The van der Waals surface area contributed by atoms with Crippen LogP contribution in [-0.2, 0) is 9.53 Å². The highest BCUT2D eigenvalue weighted by molar-refractivity contribution is 5.99. The molecule has 1 saturated carbocycles. The lowest BCUT2D eigenvalue weighted by Crippen LogP contribution is -2.48. The van der Waals surface area contributed by atoms with E-state index in [1.165, 1.54) is 14.2 Å². The van der Waals surface area contributed by atoms with Crippen LogP contribution in [0.2, 0.25) is 0 Å².